The Morgan fingerprint density at radius 2 is 2.10 bits per heavy atom. The van der Waals surface area contributed by atoms with Gasteiger partial charge in [0.1, 0.15) is 0 Å². The van der Waals surface area contributed by atoms with E-state index in [4.69, 9.17) is 22.1 Å². The topological polar surface area (TPSA) is 64.3 Å². The number of hydrogen-bond donors (Lipinski definition) is 2. The first kappa shape index (κ1) is 16.7. The van der Waals surface area contributed by atoms with E-state index in [1.807, 2.05) is 0 Å². The molecule has 1 saturated carbocycles. The number of hydrogen-bond acceptors (Lipinski definition) is 3. The van der Waals surface area contributed by atoms with Gasteiger partial charge in [-0.2, -0.15) is 0 Å². The average molecular weight is 376 g/mol. The van der Waals surface area contributed by atoms with Crippen molar-refractivity contribution in [3.63, 3.8) is 0 Å². The number of halogens is 2. The molecule has 1 aromatic rings. The van der Waals surface area contributed by atoms with Gasteiger partial charge in [-0.15, -0.1) is 0 Å². The molecule has 3 N–H and O–H groups in total. The van der Waals surface area contributed by atoms with E-state index in [1.54, 1.807) is 18.2 Å². The number of benzene rings is 1. The van der Waals surface area contributed by atoms with Crippen molar-refractivity contribution in [2.24, 2.45) is 5.73 Å². The minimum Gasteiger partial charge on any atom is -0.376 e. The van der Waals surface area contributed by atoms with Crippen molar-refractivity contribution in [3.05, 3.63) is 33.3 Å². The molecule has 0 spiro atoms. The Balaban J connectivity index is 1.69. The zero-order chi connectivity index (χ0) is 15.2. The first-order chi connectivity index (χ1) is 10.1. The smallest absolute Gasteiger partial charge is 0.252 e. The number of carbonyl (C=O) groups is 1. The fourth-order valence-electron chi connectivity index (χ4n) is 2.41. The van der Waals surface area contributed by atoms with Gasteiger partial charge < -0.3 is 15.8 Å². The highest BCUT2D eigenvalue weighted by atomic mass is 79.9. The normalized spacial score (nSPS) is 22.0. The Kier molecular flexibility index (Phi) is 6.48. The van der Waals surface area contributed by atoms with E-state index < -0.39 is 0 Å². The van der Waals surface area contributed by atoms with Crippen LogP contribution in [0.15, 0.2) is 22.7 Å². The molecule has 116 valence electrons. The molecule has 0 aromatic heterocycles. The molecule has 21 heavy (non-hydrogen) atoms. The van der Waals surface area contributed by atoms with Crippen LogP contribution in [0, 0.1) is 0 Å². The van der Waals surface area contributed by atoms with Gasteiger partial charge >= 0.3 is 0 Å². The second-order valence-corrected chi connectivity index (χ2v) is 6.61. The SMILES string of the molecule is NC1CCC(OCCNC(=O)c2ccc(Br)cc2Cl)CC1. The fourth-order valence-corrected chi connectivity index (χ4v) is 3.17. The van der Waals surface area contributed by atoms with E-state index in [1.165, 1.54) is 0 Å². The van der Waals surface area contributed by atoms with Gasteiger partial charge in [-0.25, -0.2) is 0 Å². The summed E-state index contributed by atoms with van der Waals surface area (Å²) in [5.74, 6) is -0.179. The number of amides is 1. The average Bonchev–Trinajstić information content (AvgIpc) is 2.45. The fraction of sp³-hybridized carbons (Fsp3) is 0.533. The van der Waals surface area contributed by atoms with Crippen LogP contribution in [0.4, 0.5) is 0 Å². The molecule has 0 unspecified atom stereocenters. The van der Waals surface area contributed by atoms with Crippen molar-refractivity contribution < 1.29 is 9.53 Å². The van der Waals surface area contributed by atoms with Crippen molar-refractivity contribution in [3.8, 4) is 0 Å². The molecule has 0 bridgehead atoms. The van der Waals surface area contributed by atoms with Crippen molar-refractivity contribution in [1.29, 1.82) is 0 Å². The van der Waals surface area contributed by atoms with Crippen molar-refractivity contribution in [2.45, 2.75) is 37.8 Å². The third kappa shape index (κ3) is 5.25. The lowest BCUT2D eigenvalue weighted by atomic mass is 9.94. The summed E-state index contributed by atoms with van der Waals surface area (Å²) in [5, 5.41) is 3.25. The van der Waals surface area contributed by atoms with Crippen LogP contribution in [0.1, 0.15) is 36.0 Å². The highest BCUT2D eigenvalue weighted by Gasteiger charge is 2.18. The second-order valence-electron chi connectivity index (χ2n) is 5.29. The second kappa shape index (κ2) is 8.13. The summed E-state index contributed by atoms with van der Waals surface area (Å²) in [6.45, 7) is 0.994. The molecule has 1 aliphatic rings. The monoisotopic (exact) mass is 374 g/mol. The third-order valence-corrected chi connectivity index (χ3v) is 4.44. The summed E-state index contributed by atoms with van der Waals surface area (Å²) in [4.78, 5) is 12.0. The summed E-state index contributed by atoms with van der Waals surface area (Å²) in [5.41, 5.74) is 6.33. The molecule has 0 heterocycles. The highest BCUT2D eigenvalue weighted by Crippen LogP contribution is 2.21. The van der Waals surface area contributed by atoms with Crippen LogP contribution in [0.2, 0.25) is 5.02 Å². The Labute approximate surface area is 138 Å². The number of rotatable bonds is 5. The molecule has 6 heteroatoms. The van der Waals surface area contributed by atoms with Crippen LogP contribution in [-0.2, 0) is 4.74 Å². The van der Waals surface area contributed by atoms with Crippen LogP contribution in [0.25, 0.3) is 0 Å². The molecule has 4 nitrogen and oxygen atoms in total. The number of carbonyl (C=O) groups excluding carboxylic acids is 1. The van der Waals surface area contributed by atoms with Crippen LogP contribution in [0.5, 0.6) is 0 Å². The number of nitrogens with one attached hydrogen (secondary N) is 1. The minimum absolute atomic E-state index is 0.179. The summed E-state index contributed by atoms with van der Waals surface area (Å²) in [6, 6.07) is 5.52. The Morgan fingerprint density at radius 1 is 1.38 bits per heavy atom. The van der Waals surface area contributed by atoms with Gasteiger partial charge in [0.2, 0.25) is 0 Å². The molecule has 1 fully saturated rings. The van der Waals surface area contributed by atoms with Gasteiger partial charge in [-0.3, -0.25) is 4.79 Å². The van der Waals surface area contributed by atoms with E-state index in [-0.39, 0.29) is 12.0 Å². The molecule has 1 aliphatic carbocycles. The maximum absolute atomic E-state index is 12.0. The van der Waals surface area contributed by atoms with Crippen LogP contribution in [-0.4, -0.2) is 31.2 Å². The van der Waals surface area contributed by atoms with Crippen LogP contribution < -0.4 is 11.1 Å². The maximum Gasteiger partial charge on any atom is 0.252 e. The third-order valence-electron chi connectivity index (χ3n) is 3.64. The molecular weight excluding hydrogens is 356 g/mol. The Morgan fingerprint density at radius 3 is 2.76 bits per heavy atom. The largest absolute Gasteiger partial charge is 0.376 e. The molecule has 0 atom stereocenters. The summed E-state index contributed by atoms with van der Waals surface area (Å²) in [7, 11) is 0. The lowest BCUT2D eigenvalue weighted by Gasteiger charge is -2.26. The van der Waals surface area contributed by atoms with Crippen LogP contribution >= 0.6 is 27.5 Å². The zero-order valence-electron chi connectivity index (χ0n) is 11.8. The highest BCUT2D eigenvalue weighted by molar-refractivity contribution is 9.10. The van der Waals surface area contributed by atoms with Crippen molar-refractivity contribution >= 4 is 33.4 Å². The molecule has 2 rings (SSSR count). The first-order valence-corrected chi connectivity index (χ1v) is 8.34. The molecular formula is C15H20BrClN2O2. The lowest BCUT2D eigenvalue weighted by Crippen LogP contribution is -2.33. The Hall–Kier alpha value is -0.620. The maximum atomic E-state index is 12.0. The standard InChI is InChI=1S/C15H20BrClN2O2/c16-10-1-6-13(14(17)9-10)15(20)19-7-8-21-12-4-2-11(18)3-5-12/h1,6,9,11-12H,2-5,7-8,18H2,(H,19,20). The molecule has 0 saturated heterocycles. The van der Waals surface area contributed by atoms with E-state index in [0.717, 1.165) is 30.2 Å². The predicted octanol–water partition coefficient (Wildman–Crippen LogP) is 3.12. The summed E-state index contributed by atoms with van der Waals surface area (Å²) in [6.07, 6.45) is 4.33. The quantitative estimate of drug-likeness (QED) is 0.777. The predicted molar refractivity (Wildman–Crippen MR) is 87.7 cm³/mol. The molecule has 1 aromatic carbocycles. The lowest BCUT2D eigenvalue weighted by molar-refractivity contribution is 0.0267. The minimum atomic E-state index is -0.179. The van der Waals surface area contributed by atoms with Crippen molar-refractivity contribution in [1.82, 2.24) is 5.32 Å². The van der Waals surface area contributed by atoms with E-state index in [2.05, 4.69) is 21.2 Å². The van der Waals surface area contributed by atoms with E-state index in [0.29, 0.717) is 29.8 Å². The van der Waals surface area contributed by atoms with Gasteiger partial charge in [-0.1, -0.05) is 27.5 Å². The van der Waals surface area contributed by atoms with Gasteiger partial charge in [0.25, 0.3) is 5.91 Å². The number of ether oxygens (including phenoxy) is 1. The zero-order valence-corrected chi connectivity index (χ0v) is 14.1. The van der Waals surface area contributed by atoms with Gasteiger partial charge in [0, 0.05) is 17.1 Å². The van der Waals surface area contributed by atoms with E-state index in [9.17, 15) is 4.79 Å². The van der Waals surface area contributed by atoms with Crippen LogP contribution in [0.3, 0.4) is 0 Å². The summed E-state index contributed by atoms with van der Waals surface area (Å²) < 4.78 is 6.61. The molecule has 0 aliphatic heterocycles. The summed E-state index contributed by atoms with van der Waals surface area (Å²) >= 11 is 9.35. The molecule has 0 radical (unpaired) electrons. The van der Waals surface area contributed by atoms with E-state index >= 15 is 0 Å². The Bertz CT molecular complexity index is 491. The molecule has 1 amide bonds. The van der Waals surface area contributed by atoms with Crippen molar-refractivity contribution in [2.75, 3.05) is 13.2 Å². The first-order valence-electron chi connectivity index (χ1n) is 7.16. The van der Waals surface area contributed by atoms with Gasteiger partial charge in [0.05, 0.1) is 23.3 Å². The van der Waals surface area contributed by atoms with Gasteiger partial charge in [0.15, 0.2) is 0 Å². The number of nitrogens with two attached hydrogens (primary N) is 1. The van der Waals surface area contributed by atoms with Gasteiger partial charge in [-0.05, 0) is 43.9 Å².